The third-order valence-electron chi connectivity index (χ3n) is 3.91. The molecule has 1 atom stereocenters. The lowest BCUT2D eigenvalue weighted by atomic mass is 9.91. The smallest absolute Gasteiger partial charge is 0.230 e. The van der Waals surface area contributed by atoms with Gasteiger partial charge in [0.05, 0.1) is 5.41 Å². The summed E-state index contributed by atoms with van der Waals surface area (Å²) in [6.45, 7) is 4.83. The lowest BCUT2D eigenvalue weighted by Gasteiger charge is -2.19. The lowest BCUT2D eigenvalue weighted by Crippen LogP contribution is -2.42. The minimum atomic E-state index is -0.251. The van der Waals surface area contributed by atoms with Crippen LogP contribution < -0.4 is 10.6 Å². The molecule has 0 aliphatic heterocycles. The van der Waals surface area contributed by atoms with Crippen LogP contribution in [0.2, 0.25) is 0 Å². The molecular weight excluding hydrogens is 224 g/mol. The Kier molecular flexibility index (Phi) is 3.71. The summed E-state index contributed by atoms with van der Waals surface area (Å²) >= 11 is 0. The highest BCUT2D eigenvalue weighted by molar-refractivity contribution is 5.91. The van der Waals surface area contributed by atoms with Gasteiger partial charge in [-0.2, -0.15) is 0 Å². The number of hydrogen-bond donors (Lipinski definition) is 2. The van der Waals surface area contributed by atoms with Crippen molar-refractivity contribution in [3.63, 3.8) is 0 Å². The van der Waals surface area contributed by atoms with Crippen molar-refractivity contribution in [2.24, 2.45) is 0 Å². The molecule has 3 heteroatoms. The summed E-state index contributed by atoms with van der Waals surface area (Å²) in [4.78, 5) is 12.4. The van der Waals surface area contributed by atoms with E-state index in [2.05, 4.69) is 36.6 Å². The number of likely N-dealkylation sites (N-methyl/N-ethyl adjacent to an activating group) is 1. The quantitative estimate of drug-likeness (QED) is 0.831. The summed E-state index contributed by atoms with van der Waals surface area (Å²) in [5, 5.41) is 6.19. The van der Waals surface area contributed by atoms with E-state index in [9.17, 15) is 4.79 Å². The van der Waals surface area contributed by atoms with E-state index in [1.165, 1.54) is 11.1 Å². The summed E-state index contributed by atoms with van der Waals surface area (Å²) in [6, 6.07) is 8.52. The van der Waals surface area contributed by atoms with E-state index < -0.39 is 0 Å². The van der Waals surface area contributed by atoms with Crippen LogP contribution in [0.15, 0.2) is 24.3 Å². The molecule has 1 amide bonds. The molecule has 1 fully saturated rings. The standard InChI is InChI=1S/C15H22N2O/c1-11-6-4-5-7-13(11)15(8-9-15)14(18)17-10-12(2)16-3/h4-7,12,16H,8-10H2,1-3H3,(H,17,18). The Labute approximate surface area is 109 Å². The fourth-order valence-corrected chi connectivity index (χ4v) is 2.37. The van der Waals surface area contributed by atoms with Gasteiger partial charge in [0.25, 0.3) is 0 Å². The normalized spacial score (nSPS) is 18.2. The highest BCUT2D eigenvalue weighted by Crippen LogP contribution is 2.49. The van der Waals surface area contributed by atoms with Gasteiger partial charge in [-0.1, -0.05) is 24.3 Å². The van der Waals surface area contributed by atoms with Gasteiger partial charge in [-0.15, -0.1) is 0 Å². The molecule has 1 saturated carbocycles. The molecule has 98 valence electrons. The van der Waals surface area contributed by atoms with Gasteiger partial charge < -0.3 is 10.6 Å². The molecule has 0 spiro atoms. The van der Waals surface area contributed by atoms with Crippen LogP contribution in [0.5, 0.6) is 0 Å². The zero-order chi connectivity index (χ0) is 13.2. The number of hydrogen-bond acceptors (Lipinski definition) is 2. The molecule has 1 aliphatic carbocycles. The molecular formula is C15H22N2O. The van der Waals surface area contributed by atoms with Crippen LogP contribution in [-0.4, -0.2) is 25.5 Å². The Hall–Kier alpha value is -1.35. The minimum absolute atomic E-state index is 0.180. The molecule has 1 unspecified atom stereocenters. The highest BCUT2D eigenvalue weighted by Gasteiger charge is 2.51. The average Bonchev–Trinajstić information content (AvgIpc) is 3.17. The molecule has 0 bridgehead atoms. The van der Waals surface area contributed by atoms with Crippen molar-refractivity contribution in [1.82, 2.24) is 10.6 Å². The van der Waals surface area contributed by atoms with Crippen molar-refractivity contribution in [3.05, 3.63) is 35.4 Å². The molecule has 0 heterocycles. The molecule has 1 aromatic rings. The predicted octanol–water partition coefficient (Wildman–Crippen LogP) is 1.75. The van der Waals surface area contributed by atoms with Crippen LogP contribution >= 0.6 is 0 Å². The van der Waals surface area contributed by atoms with Crippen LogP contribution in [-0.2, 0) is 10.2 Å². The summed E-state index contributed by atoms with van der Waals surface area (Å²) in [7, 11) is 1.91. The summed E-state index contributed by atoms with van der Waals surface area (Å²) in [5.41, 5.74) is 2.16. The van der Waals surface area contributed by atoms with E-state index in [1.807, 2.05) is 19.2 Å². The number of amides is 1. The van der Waals surface area contributed by atoms with E-state index >= 15 is 0 Å². The maximum Gasteiger partial charge on any atom is 0.230 e. The third kappa shape index (κ3) is 2.41. The van der Waals surface area contributed by atoms with Gasteiger partial charge in [-0.05, 0) is 44.9 Å². The van der Waals surface area contributed by atoms with E-state index in [4.69, 9.17) is 0 Å². The maximum absolute atomic E-state index is 12.4. The maximum atomic E-state index is 12.4. The second-order valence-electron chi connectivity index (χ2n) is 5.30. The Morgan fingerprint density at radius 2 is 2.06 bits per heavy atom. The number of benzene rings is 1. The van der Waals surface area contributed by atoms with Gasteiger partial charge in [0, 0.05) is 12.6 Å². The zero-order valence-electron chi connectivity index (χ0n) is 11.4. The second-order valence-corrected chi connectivity index (χ2v) is 5.30. The number of carbonyl (C=O) groups excluding carboxylic acids is 1. The molecule has 0 aromatic heterocycles. The first-order valence-electron chi connectivity index (χ1n) is 6.62. The monoisotopic (exact) mass is 246 g/mol. The summed E-state index contributed by atoms with van der Waals surface area (Å²) < 4.78 is 0. The van der Waals surface area contributed by atoms with Gasteiger partial charge >= 0.3 is 0 Å². The Morgan fingerprint density at radius 3 is 2.61 bits per heavy atom. The molecule has 2 N–H and O–H groups in total. The molecule has 0 saturated heterocycles. The van der Waals surface area contributed by atoms with Crippen molar-refractivity contribution in [2.75, 3.05) is 13.6 Å². The van der Waals surface area contributed by atoms with Gasteiger partial charge in [0.1, 0.15) is 0 Å². The van der Waals surface area contributed by atoms with Crippen molar-refractivity contribution in [3.8, 4) is 0 Å². The van der Waals surface area contributed by atoms with E-state index in [-0.39, 0.29) is 11.3 Å². The SMILES string of the molecule is CNC(C)CNC(=O)C1(c2ccccc2C)CC1. The first-order chi connectivity index (χ1) is 8.60. The second kappa shape index (κ2) is 5.11. The van der Waals surface area contributed by atoms with Crippen LogP contribution in [0.1, 0.15) is 30.9 Å². The Morgan fingerprint density at radius 1 is 1.39 bits per heavy atom. The zero-order valence-corrected chi connectivity index (χ0v) is 11.4. The van der Waals surface area contributed by atoms with Crippen LogP contribution in [0.3, 0.4) is 0 Å². The van der Waals surface area contributed by atoms with Crippen molar-refractivity contribution < 1.29 is 4.79 Å². The van der Waals surface area contributed by atoms with Crippen LogP contribution in [0.4, 0.5) is 0 Å². The number of rotatable bonds is 5. The Balaban J connectivity index is 2.08. The van der Waals surface area contributed by atoms with Crippen molar-refractivity contribution >= 4 is 5.91 Å². The summed E-state index contributed by atoms with van der Waals surface area (Å²) in [5.74, 6) is 0.180. The predicted molar refractivity (Wildman–Crippen MR) is 73.6 cm³/mol. The largest absolute Gasteiger partial charge is 0.354 e. The van der Waals surface area contributed by atoms with Gasteiger partial charge in [0.15, 0.2) is 0 Å². The molecule has 1 aromatic carbocycles. The van der Waals surface area contributed by atoms with Crippen LogP contribution in [0, 0.1) is 6.92 Å². The minimum Gasteiger partial charge on any atom is -0.354 e. The molecule has 2 rings (SSSR count). The van der Waals surface area contributed by atoms with E-state index in [1.54, 1.807) is 0 Å². The van der Waals surface area contributed by atoms with Gasteiger partial charge in [-0.3, -0.25) is 4.79 Å². The third-order valence-corrected chi connectivity index (χ3v) is 3.91. The first kappa shape index (κ1) is 13.1. The lowest BCUT2D eigenvalue weighted by molar-refractivity contribution is -0.123. The number of aryl methyl sites for hydroxylation is 1. The molecule has 18 heavy (non-hydrogen) atoms. The number of carbonyl (C=O) groups is 1. The van der Waals surface area contributed by atoms with Crippen LogP contribution in [0.25, 0.3) is 0 Å². The van der Waals surface area contributed by atoms with E-state index in [0.29, 0.717) is 12.6 Å². The van der Waals surface area contributed by atoms with Gasteiger partial charge in [0.2, 0.25) is 5.91 Å². The molecule has 0 radical (unpaired) electrons. The van der Waals surface area contributed by atoms with Crippen molar-refractivity contribution in [1.29, 1.82) is 0 Å². The fourth-order valence-electron chi connectivity index (χ4n) is 2.37. The van der Waals surface area contributed by atoms with Crippen molar-refractivity contribution in [2.45, 2.75) is 38.1 Å². The Bertz CT molecular complexity index is 438. The summed E-state index contributed by atoms with van der Waals surface area (Å²) in [6.07, 6.45) is 1.94. The van der Waals surface area contributed by atoms with Gasteiger partial charge in [-0.25, -0.2) is 0 Å². The fraction of sp³-hybridized carbons (Fsp3) is 0.533. The number of nitrogens with one attached hydrogen (secondary N) is 2. The molecule has 1 aliphatic rings. The topological polar surface area (TPSA) is 41.1 Å². The van der Waals surface area contributed by atoms with E-state index in [0.717, 1.165) is 12.8 Å². The highest BCUT2D eigenvalue weighted by atomic mass is 16.2. The first-order valence-corrected chi connectivity index (χ1v) is 6.62. The average molecular weight is 246 g/mol. The molecule has 3 nitrogen and oxygen atoms in total.